The van der Waals surface area contributed by atoms with E-state index in [4.69, 9.17) is 9.97 Å². The maximum absolute atomic E-state index is 4.90. The molecule has 2 aromatic heterocycles. The molecule has 0 aromatic carbocycles. The molecule has 0 fully saturated rings. The summed E-state index contributed by atoms with van der Waals surface area (Å²) in [4.78, 5) is 9.80. The van der Waals surface area contributed by atoms with Crippen LogP contribution in [0.3, 0.4) is 0 Å². The van der Waals surface area contributed by atoms with Gasteiger partial charge in [0.2, 0.25) is 0 Å². The highest BCUT2D eigenvalue weighted by Gasteiger charge is 2.20. The number of thiophene rings is 1. The van der Waals surface area contributed by atoms with Gasteiger partial charge in [0.05, 0.1) is 11.4 Å². The first kappa shape index (κ1) is 11.4. The summed E-state index contributed by atoms with van der Waals surface area (Å²) in [7, 11) is 0. The number of hydrogen-bond donors (Lipinski definition) is 0. The molecule has 2 nitrogen and oxygen atoms in total. The van der Waals surface area contributed by atoms with E-state index in [2.05, 4.69) is 22.9 Å². The number of fused-ring (bicyclic) bond motifs is 1. The fourth-order valence-electron chi connectivity index (χ4n) is 3.02. The molecule has 96 valence electrons. The van der Waals surface area contributed by atoms with Crippen molar-refractivity contribution in [3.63, 3.8) is 0 Å². The van der Waals surface area contributed by atoms with Crippen LogP contribution >= 0.6 is 11.3 Å². The molecule has 0 atom stereocenters. The van der Waals surface area contributed by atoms with Crippen LogP contribution in [0.1, 0.15) is 49.9 Å². The van der Waals surface area contributed by atoms with Crippen LogP contribution in [0.4, 0.5) is 0 Å². The highest BCUT2D eigenvalue weighted by molar-refractivity contribution is 7.09. The fourth-order valence-corrected chi connectivity index (χ4v) is 3.69. The van der Waals surface area contributed by atoms with Gasteiger partial charge >= 0.3 is 0 Å². The molecule has 2 aromatic rings. The first-order chi connectivity index (χ1) is 9.42. The van der Waals surface area contributed by atoms with Gasteiger partial charge in [-0.2, -0.15) is 0 Å². The van der Waals surface area contributed by atoms with E-state index in [-0.39, 0.29) is 0 Å². The molecule has 0 unspecified atom stereocenters. The summed E-state index contributed by atoms with van der Waals surface area (Å²) in [6.07, 6.45) is 11.9. The van der Waals surface area contributed by atoms with E-state index in [0.717, 1.165) is 35.3 Å². The maximum Gasteiger partial charge on any atom is 0.100 e. The van der Waals surface area contributed by atoms with E-state index in [0.29, 0.717) is 0 Å². The summed E-state index contributed by atoms with van der Waals surface area (Å²) in [6, 6.07) is 0. The second-order valence-electron chi connectivity index (χ2n) is 5.31. The van der Waals surface area contributed by atoms with Gasteiger partial charge in [-0.1, -0.05) is 12.2 Å². The Hall–Kier alpha value is -1.48. The molecule has 2 aliphatic rings. The Morgan fingerprint density at radius 3 is 1.74 bits per heavy atom. The van der Waals surface area contributed by atoms with Gasteiger partial charge in [-0.15, -0.1) is 11.3 Å². The predicted octanol–water partition coefficient (Wildman–Crippen LogP) is 4.83. The molecule has 3 heteroatoms. The molecule has 0 amide bonds. The van der Waals surface area contributed by atoms with Crippen molar-refractivity contribution in [3.8, 4) is 0 Å². The van der Waals surface area contributed by atoms with E-state index in [1.807, 2.05) is 0 Å². The zero-order valence-electron chi connectivity index (χ0n) is 10.9. The van der Waals surface area contributed by atoms with E-state index < -0.39 is 0 Å². The quantitative estimate of drug-likeness (QED) is 0.780. The normalized spacial score (nSPS) is 18.9. The molecule has 4 rings (SSSR count). The molecule has 2 aliphatic carbocycles. The zero-order chi connectivity index (χ0) is 12.7. The average Bonchev–Trinajstić information content (AvgIpc) is 3.18. The third-order valence-corrected chi connectivity index (χ3v) is 4.72. The van der Waals surface area contributed by atoms with E-state index in [9.17, 15) is 0 Å². The number of rotatable bonds is 2. The minimum atomic E-state index is 1.05. The molecular weight excluding hydrogens is 252 g/mol. The lowest BCUT2D eigenvalue weighted by atomic mass is 10.0. The molecule has 0 saturated heterocycles. The average molecular weight is 268 g/mol. The molecule has 0 N–H and O–H groups in total. The highest BCUT2D eigenvalue weighted by Crippen LogP contribution is 2.36. The largest absolute Gasteiger partial charge is 0.243 e. The fraction of sp³-hybridized carbons (Fsp3) is 0.375. The Morgan fingerprint density at radius 2 is 1.32 bits per heavy atom. The first-order valence-electron chi connectivity index (χ1n) is 7.04. The van der Waals surface area contributed by atoms with Crippen molar-refractivity contribution in [3.05, 3.63) is 34.3 Å². The van der Waals surface area contributed by atoms with Crippen LogP contribution in [0.15, 0.2) is 22.9 Å². The summed E-state index contributed by atoms with van der Waals surface area (Å²) in [6.45, 7) is 0. The molecule has 0 saturated carbocycles. The van der Waals surface area contributed by atoms with Crippen molar-refractivity contribution >= 4 is 33.5 Å². The summed E-state index contributed by atoms with van der Waals surface area (Å²) in [5.74, 6) is 0. The van der Waals surface area contributed by atoms with Crippen LogP contribution in [0, 0.1) is 0 Å². The second-order valence-corrected chi connectivity index (χ2v) is 6.05. The number of nitrogens with zero attached hydrogens (tertiary/aromatic N) is 2. The molecule has 0 radical (unpaired) electrons. The molecule has 19 heavy (non-hydrogen) atoms. The van der Waals surface area contributed by atoms with Crippen molar-refractivity contribution in [1.29, 1.82) is 0 Å². The smallest absolute Gasteiger partial charge is 0.100 e. The van der Waals surface area contributed by atoms with Gasteiger partial charge in [-0.25, -0.2) is 9.97 Å². The van der Waals surface area contributed by atoms with Crippen LogP contribution < -0.4 is 0 Å². The Bertz CT molecular complexity index is 636. The number of allylic oxidation sites excluding steroid dienone is 4. The molecule has 0 aliphatic heterocycles. The van der Waals surface area contributed by atoms with E-state index in [1.165, 1.54) is 36.8 Å². The number of aromatic nitrogens is 2. The van der Waals surface area contributed by atoms with Crippen molar-refractivity contribution in [2.45, 2.75) is 38.5 Å². The lowest BCUT2D eigenvalue weighted by Gasteiger charge is -2.10. The SMILES string of the molecule is C1=C(c2nc3cscc3nc2C2=CCCC2)CCC1. The van der Waals surface area contributed by atoms with Crippen molar-refractivity contribution in [2.24, 2.45) is 0 Å². The van der Waals surface area contributed by atoms with Gasteiger partial charge in [0, 0.05) is 10.8 Å². The summed E-state index contributed by atoms with van der Waals surface area (Å²) in [5.41, 5.74) is 7.21. The van der Waals surface area contributed by atoms with Crippen molar-refractivity contribution in [2.75, 3.05) is 0 Å². The maximum atomic E-state index is 4.90. The Morgan fingerprint density at radius 1 is 0.789 bits per heavy atom. The zero-order valence-corrected chi connectivity index (χ0v) is 11.7. The van der Waals surface area contributed by atoms with E-state index in [1.54, 1.807) is 11.3 Å². The molecule has 0 bridgehead atoms. The highest BCUT2D eigenvalue weighted by atomic mass is 32.1. The molecule has 0 spiro atoms. The van der Waals surface area contributed by atoms with Gasteiger partial charge in [0.1, 0.15) is 11.0 Å². The lowest BCUT2D eigenvalue weighted by Crippen LogP contribution is -1.99. The van der Waals surface area contributed by atoms with Gasteiger partial charge < -0.3 is 0 Å². The van der Waals surface area contributed by atoms with Gasteiger partial charge in [-0.05, 0) is 49.7 Å². The van der Waals surface area contributed by atoms with Crippen LogP contribution in [0.25, 0.3) is 22.2 Å². The third kappa shape index (κ3) is 1.93. The van der Waals surface area contributed by atoms with Crippen LogP contribution in [0.2, 0.25) is 0 Å². The van der Waals surface area contributed by atoms with Gasteiger partial charge in [0.25, 0.3) is 0 Å². The Balaban J connectivity index is 1.94. The van der Waals surface area contributed by atoms with Gasteiger partial charge in [0.15, 0.2) is 0 Å². The number of hydrogen-bond acceptors (Lipinski definition) is 3. The van der Waals surface area contributed by atoms with Crippen LogP contribution in [-0.4, -0.2) is 9.97 Å². The third-order valence-electron chi connectivity index (χ3n) is 4.00. The van der Waals surface area contributed by atoms with Crippen molar-refractivity contribution in [1.82, 2.24) is 9.97 Å². The Labute approximate surface area is 116 Å². The summed E-state index contributed by atoms with van der Waals surface area (Å²) in [5, 5.41) is 4.21. The monoisotopic (exact) mass is 268 g/mol. The van der Waals surface area contributed by atoms with Crippen molar-refractivity contribution < 1.29 is 0 Å². The Kier molecular flexibility index (Phi) is 2.73. The topological polar surface area (TPSA) is 25.8 Å². The van der Waals surface area contributed by atoms with Gasteiger partial charge in [-0.3, -0.25) is 0 Å². The molecular formula is C16H16N2S. The van der Waals surface area contributed by atoms with Crippen LogP contribution in [0.5, 0.6) is 0 Å². The predicted molar refractivity (Wildman–Crippen MR) is 81.1 cm³/mol. The van der Waals surface area contributed by atoms with E-state index >= 15 is 0 Å². The lowest BCUT2D eigenvalue weighted by molar-refractivity contribution is 0.926. The summed E-state index contributed by atoms with van der Waals surface area (Å²) >= 11 is 1.69. The minimum absolute atomic E-state index is 1.05. The standard InChI is InChI=1S/C16H16N2S/c1-2-6-11(5-1)15-16(12-7-3-4-8-12)18-14-10-19-9-13(14)17-15/h5,7,9-10H,1-4,6,8H2. The first-order valence-corrected chi connectivity index (χ1v) is 7.99. The van der Waals surface area contributed by atoms with Crippen LogP contribution in [-0.2, 0) is 0 Å². The minimum Gasteiger partial charge on any atom is -0.243 e. The second kappa shape index (κ2) is 4.57. The summed E-state index contributed by atoms with van der Waals surface area (Å²) < 4.78 is 0. The molecule has 2 heterocycles.